The van der Waals surface area contributed by atoms with E-state index in [1.54, 1.807) is 0 Å². The summed E-state index contributed by atoms with van der Waals surface area (Å²) in [7, 11) is 0. The molecule has 2 fully saturated rings. The van der Waals surface area contributed by atoms with Crippen LogP contribution in [0.2, 0.25) is 0 Å². The Balaban J connectivity index is 1.78. The Labute approximate surface area is 125 Å². The molecule has 2 heterocycles. The van der Waals surface area contributed by atoms with Crippen molar-refractivity contribution in [3.8, 4) is 0 Å². The summed E-state index contributed by atoms with van der Waals surface area (Å²) in [4.78, 5) is 12.4. The number of ketones is 1. The molecule has 2 saturated heterocycles. The Morgan fingerprint density at radius 3 is 2.41 bits per heavy atom. The average Bonchev–Trinajstić information content (AvgIpc) is 2.76. The van der Waals surface area contributed by atoms with Crippen LogP contribution < -0.4 is 5.32 Å². The Morgan fingerprint density at radius 2 is 1.82 bits per heavy atom. The van der Waals surface area contributed by atoms with Crippen LogP contribution in [-0.2, 0) is 17.4 Å². The van der Waals surface area contributed by atoms with Gasteiger partial charge in [-0.15, -0.1) is 0 Å². The maximum atomic E-state index is 13.3. The van der Waals surface area contributed by atoms with Crippen molar-refractivity contribution >= 4 is 5.78 Å². The first-order valence-electron chi connectivity index (χ1n) is 7.47. The van der Waals surface area contributed by atoms with Crippen LogP contribution in [0.1, 0.15) is 36.8 Å². The molecule has 2 aliphatic rings. The van der Waals surface area contributed by atoms with E-state index < -0.39 is 17.6 Å². The lowest BCUT2D eigenvalue weighted by atomic mass is 9.85. The molecule has 1 aromatic carbocycles. The number of nitrogens with one attached hydrogen (secondary N) is 1. The predicted octanol–water partition coefficient (Wildman–Crippen LogP) is 3.49. The van der Waals surface area contributed by atoms with Crippen molar-refractivity contribution in [2.75, 3.05) is 0 Å². The second kappa shape index (κ2) is 5.65. The first-order valence-corrected chi connectivity index (χ1v) is 7.47. The van der Waals surface area contributed by atoms with Crippen LogP contribution >= 0.6 is 0 Å². The van der Waals surface area contributed by atoms with Crippen molar-refractivity contribution in [3.63, 3.8) is 0 Å². The Bertz CT molecular complexity index is 572. The van der Waals surface area contributed by atoms with Crippen molar-refractivity contribution in [3.05, 3.63) is 35.1 Å². The van der Waals surface area contributed by atoms with E-state index in [-0.39, 0.29) is 23.7 Å². The van der Waals surface area contributed by atoms with Gasteiger partial charge in [-0.3, -0.25) is 4.79 Å². The van der Waals surface area contributed by atoms with E-state index in [9.17, 15) is 22.4 Å². The van der Waals surface area contributed by atoms with E-state index in [1.165, 1.54) is 0 Å². The topological polar surface area (TPSA) is 29.1 Å². The van der Waals surface area contributed by atoms with Gasteiger partial charge in [0.2, 0.25) is 0 Å². The predicted molar refractivity (Wildman–Crippen MR) is 72.8 cm³/mol. The molecule has 2 aliphatic heterocycles. The minimum Gasteiger partial charge on any atom is -0.311 e. The molecule has 1 aromatic rings. The fourth-order valence-electron chi connectivity index (χ4n) is 3.64. The summed E-state index contributed by atoms with van der Waals surface area (Å²) in [6.45, 7) is 0. The summed E-state index contributed by atoms with van der Waals surface area (Å²) in [6.07, 6.45) is -1.55. The number of benzene rings is 1. The molecule has 120 valence electrons. The summed E-state index contributed by atoms with van der Waals surface area (Å²) in [6, 6.07) is 2.91. The standard InChI is InChI=1S/C16H17F4NO/c17-11-1-4-14(16(18,19)20)9(5-11)8-15(22)10-6-12-2-3-13(7-10)21-12/h1,4-5,10,12-13,21H,2-3,6-8H2. The molecule has 0 aromatic heterocycles. The molecule has 2 atom stereocenters. The highest BCUT2D eigenvalue weighted by Gasteiger charge is 2.38. The van der Waals surface area contributed by atoms with Gasteiger partial charge < -0.3 is 5.32 Å². The van der Waals surface area contributed by atoms with Gasteiger partial charge in [0, 0.05) is 24.4 Å². The third-order valence-corrected chi connectivity index (χ3v) is 4.67. The zero-order chi connectivity index (χ0) is 15.9. The second-order valence-electron chi connectivity index (χ2n) is 6.25. The van der Waals surface area contributed by atoms with Crippen molar-refractivity contribution < 1.29 is 22.4 Å². The Hall–Kier alpha value is -1.43. The number of halogens is 4. The van der Waals surface area contributed by atoms with Crippen molar-refractivity contribution in [1.29, 1.82) is 0 Å². The van der Waals surface area contributed by atoms with E-state index in [0.29, 0.717) is 31.0 Å². The summed E-state index contributed by atoms with van der Waals surface area (Å²) < 4.78 is 52.2. The lowest BCUT2D eigenvalue weighted by Gasteiger charge is -2.28. The first-order chi connectivity index (χ1) is 10.3. The molecule has 0 amide bonds. The number of Topliss-reactive ketones (excluding diaryl/α,β-unsaturated/α-hetero) is 1. The van der Waals surface area contributed by atoms with E-state index in [2.05, 4.69) is 5.32 Å². The number of piperidine rings is 1. The summed E-state index contributed by atoms with van der Waals surface area (Å²) >= 11 is 0. The fourth-order valence-corrected chi connectivity index (χ4v) is 3.64. The van der Waals surface area contributed by atoms with Gasteiger partial charge in [-0.05, 0) is 49.4 Å². The number of hydrogen-bond donors (Lipinski definition) is 1. The highest BCUT2D eigenvalue weighted by Crippen LogP contribution is 2.35. The third-order valence-electron chi connectivity index (χ3n) is 4.67. The molecule has 0 saturated carbocycles. The highest BCUT2D eigenvalue weighted by molar-refractivity contribution is 5.84. The normalized spacial score (nSPS) is 27.9. The first kappa shape index (κ1) is 15.5. The molecule has 2 bridgehead atoms. The number of carbonyl (C=O) groups excluding carboxylic acids is 1. The van der Waals surface area contributed by atoms with Crippen molar-refractivity contribution in [2.24, 2.45) is 5.92 Å². The molecule has 6 heteroatoms. The monoisotopic (exact) mass is 315 g/mol. The van der Waals surface area contributed by atoms with Crippen LogP contribution in [-0.4, -0.2) is 17.9 Å². The number of fused-ring (bicyclic) bond motifs is 2. The molecular weight excluding hydrogens is 298 g/mol. The molecule has 2 nitrogen and oxygen atoms in total. The maximum Gasteiger partial charge on any atom is 0.416 e. The van der Waals surface area contributed by atoms with E-state index in [0.717, 1.165) is 25.0 Å². The number of hydrogen-bond acceptors (Lipinski definition) is 2. The molecule has 2 unspecified atom stereocenters. The summed E-state index contributed by atoms with van der Waals surface area (Å²) in [5, 5.41) is 3.39. The maximum absolute atomic E-state index is 13.3. The molecule has 1 N–H and O–H groups in total. The SMILES string of the molecule is O=C(Cc1cc(F)ccc1C(F)(F)F)C1CC2CCC(C1)N2. The molecule has 3 rings (SSSR count). The van der Waals surface area contributed by atoms with Gasteiger partial charge in [-0.1, -0.05) is 0 Å². The third kappa shape index (κ3) is 3.16. The van der Waals surface area contributed by atoms with Crippen molar-refractivity contribution in [2.45, 2.75) is 50.4 Å². The number of carbonyl (C=O) groups is 1. The number of rotatable bonds is 3. The smallest absolute Gasteiger partial charge is 0.311 e. The molecule has 0 aliphatic carbocycles. The van der Waals surface area contributed by atoms with Crippen LogP contribution in [0.4, 0.5) is 17.6 Å². The lowest BCUT2D eigenvalue weighted by Crippen LogP contribution is -2.41. The minimum absolute atomic E-state index is 0.213. The van der Waals surface area contributed by atoms with Gasteiger partial charge in [0.1, 0.15) is 11.6 Å². The quantitative estimate of drug-likeness (QED) is 0.865. The van der Waals surface area contributed by atoms with Gasteiger partial charge in [0.25, 0.3) is 0 Å². The lowest BCUT2D eigenvalue weighted by molar-refractivity contribution is -0.138. The van der Waals surface area contributed by atoms with Crippen LogP contribution in [0.5, 0.6) is 0 Å². The van der Waals surface area contributed by atoms with E-state index in [1.807, 2.05) is 0 Å². The van der Waals surface area contributed by atoms with Crippen LogP contribution in [0.15, 0.2) is 18.2 Å². The van der Waals surface area contributed by atoms with Gasteiger partial charge in [0.05, 0.1) is 5.56 Å². The average molecular weight is 315 g/mol. The Morgan fingerprint density at radius 1 is 1.18 bits per heavy atom. The zero-order valence-corrected chi connectivity index (χ0v) is 11.9. The molecular formula is C16H17F4NO. The largest absolute Gasteiger partial charge is 0.416 e. The van der Waals surface area contributed by atoms with Gasteiger partial charge in [-0.2, -0.15) is 13.2 Å². The zero-order valence-electron chi connectivity index (χ0n) is 11.9. The van der Waals surface area contributed by atoms with Gasteiger partial charge in [0.15, 0.2) is 0 Å². The number of alkyl halides is 3. The van der Waals surface area contributed by atoms with Crippen LogP contribution in [0.25, 0.3) is 0 Å². The van der Waals surface area contributed by atoms with E-state index >= 15 is 0 Å². The molecule has 0 spiro atoms. The fraction of sp³-hybridized carbons (Fsp3) is 0.562. The highest BCUT2D eigenvalue weighted by atomic mass is 19.4. The minimum atomic E-state index is -4.57. The second-order valence-corrected chi connectivity index (χ2v) is 6.25. The van der Waals surface area contributed by atoms with Gasteiger partial charge in [-0.25, -0.2) is 4.39 Å². The van der Waals surface area contributed by atoms with Crippen molar-refractivity contribution in [1.82, 2.24) is 5.32 Å². The summed E-state index contributed by atoms with van der Waals surface area (Å²) in [5.74, 6) is -1.18. The summed E-state index contributed by atoms with van der Waals surface area (Å²) in [5.41, 5.74) is -1.18. The van der Waals surface area contributed by atoms with Gasteiger partial charge >= 0.3 is 6.18 Å². The van der Waals surface area contributed by atoms with E-state index in [4.69, 9.17) is 0 Å². The Kier molecular flexibility index (Phi) is 3.97. The molecule has 0 radical (unpaired) electrons. The molecule has 22 heavy (non-hydrogen) atoms. The van der Waals surface area contributed by atoms with Crippen LogP contribution in [0, 0.1) is 11.7 Å². The van der Waals surface area contributed by atoms with Crippen LogP contribution in [0.3, 0.4) is 0 Å².